The van der Waals surface area contributed by atoms with Gasteiger partial charge in [-0.2, -0.15) is 5.26 Å². The summed E-state index contributed by atoms with van der Waals surface area (Å²) in [4.78, 5) is 41.6. The van der Waals surface area contributed by atoms with Gasteiger partial charge in [-0.05, 0) is 97.7 Å². The molecule has 0 bridgehead atoms. The predicted molar refractivity (Wildman–Crippen MR) is 178 cm³/mol. The second-order valence-electron chi connectivity index (χ2n) is 17.1. The van der Waals surface area contributed by atoms with Crippen molar-refractivity contribution in [3.8, 4) is 6.07 Å². The summed E-state index contributed by atoms with van der Waals surface area (Å²) in [7, 11) is 0. The maximum absolute atomic E-state index is 14.7. The highest BCUT2D eigenvalue weighted by Gasteiger charge is 2.70. The van der Waals surface area contributed by atoms with Crippen molar-refractivity contribution in [3.05, 3.63) is 64.8 Å². The molecule has 6 rings (SSSR count). The van der Waals surface area contributed by atoms with Gasteiger partial charge >= 0.3 is 0 Å². The zero-order valence-corrected chi connectivity index (χ0v) is 28.5. The molecule has 3 fully saturated rings. The van der Waals surface area contributed by atoms with Crippen LogP contribution in [0.25, 0.3) is 6.08 Å². The molecule has 0 aliphatic heterocycles. The van der Waals surface area contributed by atoms with Crippen LogP contribution >= 0.6 is 0 Å². The van der Waals surface area contributed by atoms with E-state index in [1.165, 1.54) is 5.56 Å². The molecule has 3 saturated carbocycles. The number of allylic oxidation sites excluding steroid dienone is 4. The van der Waals surface area contributed by atoms with Crippen molar-refractivity contribution >= 4 is 23.5 Å². The molecule has 0 aromatic heterocycles. The monoisotopic (exact) mass is 606 g/mol. The molecule has 0 unspecified atom stereocenters. The Bertz CT molecular complexity index is 1600. The summed E-state index contributed by atoms with van der Waals surface area (Å²) in [5, 5.41) is 13.5. The number of ketones is 2. The lowest BCUT2D eigenvalue weighted by Crippen LogP contribution is -2.69. The molecule has 0 radical (unpaired) electrons. The second-order valence-corrected chi connectivity index (χ2v) is 17.1. The number of carbonyl (C=O) groups is 3. The van der Waals surface area contributed by atoms with Crippen molar-refractivity contribution in [3.63, 3.8) is 0 Å². The van der Waals surface area contributed by atoms with Crippen molar-refractivity contribution in [2.24, 2.45) is 44.8 Å². The average Bonchev–Trinajstić information content (AvgIpc) is 2.96. The maximum atomic E-state index is 14.7. The van der Waals surface area contributed by atoms with Crippen molar-refractivity contribution in [1.29, 1.82) is 5.26 Å². The minimum absolute atomic E-state index is 0.0257. The Morgan fingerprint density at radius 2 is 1.62 bits per heavy atom. The molecule has 5 aliphatic carbocycles. The van der Waals surface area contributed by atoms with E-state index in [0.29, 0.717) is 0 Å². The fourth-order valence-corrected chi connectivity index (χ4v) is 11.0. The molecule has 1 aromatic rings. The first-order valence-electron chi connectivity index (χ1n) is 16.9. The SMILES string of the molecule is Cc1ccc(/C=C/C(=O)N[C@]23CCC(C)(C)C[C@H]2[C@H]2C(=O)C=C4[C@@]5(C)C=C(C#N)C(=O)C(C)(C)[C@@H]5CC[C@@]4(C)[C@]2(C)CC3)cc1. The third-order valence-electron chi connectivity index (χ3n) is 13.7. The maximum Gasteiger partial charge on any atom is 0.244 e. The topological polar surface area (TPSA) is 87.0 Å². The number of benzene rings is 1. The first-order chi connectivity index (χ1) is 20.9. The molecule has 7 atom stereocenters. The Hall–Kier alpha value is -3.26. The van der Waals surface area contributed by atoms with Gasteiger partial charge in [0.25, 0.3) is 0 Å². The quantitative estimate of drug-likeness (QED) is 0.352. The van der Waals surface area contributed by atoms with E-state index < -0.39 is 16.4 Å². The van der Waals surface area contributed by atoms with Gasteiger partial charge < -0.3 is 5.32 Å². The first-order valence-corrected chi connectivity index (χ1v) is 16.9. The second kappa shape index (κ2) is 10.1. The lowest BCUT2D eigenvalue weighted by atomic mass is 9.35. The van der Waals surface area contributed by atoms with E-state index in [1.54, 1.807) is 6.08 Å². The molecule has 1 N–H and O–H groups in total. The molecule has 1 aromatic carbocycles. The van der Waals surface area contributed by atoms with E-state index in [9.17, 15) is 19.6 Å². The summed E-state index contributed by atoms with van der Waals surface area (Å²) >= 11 is 0. The molecule has 5 nitrogen and oxygen atoms in total. The molecule has 0 saturated heterocycles. The molecule has 5 aliphatic rings. The number of amides is 1. The molecule has 45 heavy (non-hydrogen) atoms. The van der Waals surface area contributed by atoms with E-state index >= 15 is 0 Å². The van der Waals surface area contributed by atoms with Gasteiger partial charge in [0.05, 0.1) is 5.57 Å². The van der Waals surface area contributed by atoms with Crippen molar-refractivity contribution in [2.75, 3.05) is 0 Å². The minimum Gasteiger partial charge on any atom is -0.347 e. The van der Waals surface area contributed by atoms with Gasteiger partial charge in [-0.25, -0.2) is 0 Å². The number of carbonyl (C=O) groups excluding carboxylic acids is 3. The van der Waals surface area contributed by atoms with Crippen LogP contribution in [-0.2, 0) is 14.4 Å². The van der Waals surface area contributed by atoms with Crippen LogP contribution in [0.1, 0.15) is 105 Å². The molecular weight excluding hydrogens is 556 g/mol. The summed E-state index contributed by atoms with van der Waals surface area (Å²) in [6, 6.07) is 10.3. The van der Waals surface area contributed by atoms with Crippen molar-refractivity contribution in [2.45, 2.75) is 106 Å². The summed E-state index contributed by atoms with van der Waals surface area (Å²) in [6.45, 7) is 17.5. The van der Waals surface area contributed by atoms with Crippen LogP contribution in [0.3, 0.4) is 0 Å². The standard InChI is InChI=1S/C40H50N2O3/c1-25-9-11-26(12-10-25)13-14-32(44)42-40-19-17-35(2,3)23-28(40)33-29(43)21-31-37(6)22-27(24-41)34(45)36(4,5)30(37)15-16-38(31,7)39(33,8)18-20-40/h9-14,21-22,28,30,33H,15-20,23H2,1-8H3,(H,42,44)/b14-13+/t28-,30-,33-,37-,38+,39+,40-/m0/s1. The van der Waals surface area contributed by atoms with Crippen LogP contribution in [0.5, 0.6) is 0 Å². The number of nitrogens with one attached hydrogen (secondary N) is 1. The minimum atomic E-state index is -0.678. The smallest absolute Gasteiger partial charge is 0.244 e. The first kappa shape index (κ1) is 31.7. The fraction of sp³-hybridized carbons (Fsp3) is 0.600. The molecule has 0 heterocycles. The highest BCUT2D eigenvalue weighted by Crippen LogP contribution is 2.73. The zero-order valence-electron chi connectivity index (χ0n) is 28.5. The molecule has 1 amide bonds. The van der Waals surface area contributed by atoms with E-state index in [0.717, 1.165) is 56.1 Å². The van der Waals surface area contributed by atoms with E-state index in [1.807, 2.05) is 56.3 Å². The van der Waals surface area contributed by atoms with Crippen molar-refractivity contribution < 1.29 is 14.4 Å². The summed E-state index contributed by atoms with van der Waals surface area (Å²) in [5.74, 6) is -0.173. The predicted octanol–water partition coefficient (Wildman–Crippen LogP) is 8.10. The highest BCUT2D eigenvalue weighted by atomic mass is 16.2. The fourth-order valence-electron chi connectivity index (χ4n) is 11.0. The third-order valence-corrected chi connectivity index (χ3v) is 13.7. The number of nitriles is 1. The molecule has 0 spiro atoms. The summed E-state index contributed by atoms with van der Waals surface area (Å²) in [6.07, 6.45) is 13.6. The van der Waals surface area contributed by atoms with Gasteiger partial charge in [-0.1, -0.05) is 89.9 Å². The molecular formula is C40H50N2O3. The molecule has 238 valence electrons. The van der Waals surface area contributed by atoms with Crippen LogP contribution in [0, 0.1) is 63.1 Å². The number of hydrogen-bond donors (Lipinski definition) is 1. The lowest BCUT2D eigenvalue weighted by Gasteiger charge is -2.69. The van der Waals surface area contributed by atoms with Crippen LogP contribution < -0.4 is 5.32 Å². The lowest BCUT2D eigenvalue weighted by molar-refractivity contribution is -0.163. The van der Waals surface area contributed by atoms with Gasteiger partial charge in [0, 0.05) is 28.4 Å². The molecule has 5 heteroatoms. The average molecular weight is 607 g/mol. The van der Waals surface area contributed by atoms with Gasteiger partial charge in [0.2, 0.25) is 5.91 Å². The largest absolute Gasteiger partial charge is 0.347 e. The normalized spacial score (nSPS) is 39.8. The van der Waals surface area contributed by atoms with Crippen LogP contribution in [0.2, 0.25) is 0 Å². The Morgan fingerprint density at radius 1 is 0.956 bits per heavy atom. The van der Waals surface area contributed by atoms with Crippen molar-refractivity contribution in [1.82, 2.24) is 5.32 Å². The summed E-state index contributed by atoms with van der Waals surface area (Å²) < 4.78 is 0. The van der Waals surface area contributed by atoms with E-state index in [-0.39, 0.29) is 57.0 Å². The third kappa shape index (κ3) is 4.56. The Balaban J connectivity index is 1.41. The van der Waals surface area contributed by atoms with Crippen LogP contribution in [0.15, 0.2) is 53.6 Å². The number of nitrogens with zero attached hydrogens (tertiary/aromatic N) is 1. The number of rotatable bonds is 3. The highest BCUT2D eigenvalue weighted by molar-refractivity contribution is 6.04. The Kier molecular flexibility index (Phi) is 7.13. The van der Waals surface area contributed by atoms with Gasteiger partial charge in [0.15, 0.2) is 11.6 Å². The van der Waals surface area contributed by atoms with Gasteiger partial charge in [-0.3, -0.25) is 14.4 Å². The van der Waals surface area contributed by atoms with Crippen LogP contribution in [-0.4, -0.2) is 23.0 Å². The Morgan fingerprint density at radius 3 is 2.29 bits per heavy atom. The van der Waals surface area contributed by atoms with Gasteiger partial charge in [0.1, 0.15) is 6.07 Å². The van der Waals surface area contributed by atoms with E-state index in [2.05, 4.69) is 52.9 Å². The number of aryl methyl sites for hydroxylation is 1. The number of fused-ring (bicyclic) bond motifs is 7. The van der Waals surface area contributed by atoms with Crippen LogP contribution in [0.4, 0.5) is 0 Å². The number of Topliss-reactive ketones (excluding diaryl/α,β-unsaturated/α-hetero) is 1. The summed E-state index contributed by atoms with van der Waals surface area (Å²) in [5.41, 5.74) is 1.34. The zero-order chi connectivity index (χ0) is 32.8. The number of hydrogen-bond acceptors (Lipinski definition) is 4. The van der Waals surface area contributed by atoms with E-state index in [4.69, 9.17) is 0 Å². The van der Waals surface area contributed by atoms with Gasteiger partial charge in [-0.15, -0.1) is 0 Å². The Labute approximate surface area is 269 Å².